The van der Waals surface area contributed by atoms with Gasteiger partial charge in [-0.15, -0.1) is 0 Å². The van der Waals surface area contributed by atoms with Crippen LogP contribution in [0.15, 0.2) is 24.3 Å². The smallest absolute Gasteiger partial charge is 0.249 e. The Balaban J connectivity index is 1.25. The van der Waals surface area contributed by atoms with Crippen LogP contribution in [-0.4, -0.2) is 85.0 Å². The zero-order valence-corrected chi connectivity index (χ0v) is 21.2. The van der Waals surface area contributed by atoms with Gasteiger partial charge in [0.1, 0.15) is 6.10 Å². The maximum absolute atomic E-state index is 12.7. The number of carbonyl (C=O) groups excluding carboxylic acids is 3. The summed E-state index contributed by atoms with van der Waals surface area (Å²) in [6.45, 7) is 4.21. The van der Waals surface area contributed by atoms with E-state index in [4.69, 9.17) is 27.9 Å². The quantitative estimate of drug-likeness (QED) is 0.560. The molecule has 2 N–H and O–H groups in total. The van der Waals surface area contributed by atoms with Crippen molar-refractivity contribution >= 4 is 47.0 Å². The molecule has 190 valence electrons. The van der Waals surface area contributed by atoms with Gasteiger partial charge in [-0.2, -0.15) is 0 Å². The molecule has 0 aliphatic carbocycles. The topological polar surface area (TPSA) is 91.0 Å². The molecule has 3 saturated heterocycles. The highest BCUT2D eigenvalue weighted by Crippen LogP contribution is 2.28. The van der Waals surface area contributed by atoms with Crippen molar-refractivity contribution < 1.29 is 19.1 Å². The predicted molar refractivity (Wildman–Crippen MR) is 135 cm³/mol. The molecule has 1 unspecified atom stereocenters. The van der Waals surface area contributed by atoms with Gasteiger partial charge in [0.25, 0.3) is 0 Å². The molecule has 0 saturated carbocycles. The summed E-state index contributed by atoms with van der Waals surface area (Å²) < 4.78 is 6.26. The number of hydrogen-bond acceptors (Lipinski definition) is 5. The second kappa shape index (κ2) is 11.7. The number of ether oxygens (including phenoxy) is 1. The van der Waals surface area contributed by atoms with E-state index in [0.29, 0.717) is 55.6 Å². The van der Waals surface area contributed by atoms with Crippen LogP contribution in [0, 0.1) is 0 Å². The highest BCUT2D eigenvalue weighted by molar-refractivity contribution is 6.42. The first kappa shape index (κ1) is 25.9. The third kappa shape index (κ3) is 6.76. The number of hydrogen-bond donors (Lipinski definition) is 2. The van der Waals surface area contributed by atoms with Crippen LogP contribution in [0.3, 0.4) is 0 Å². The number of halogens is 2. The molecule has 3 amide bonds. The third-order valence-corrected chi connectivity index (χ3v) is 7.68. The zero-order chi connectivity index (χ0) is 24.8. The van der Waals surface area contributed by atoms with Gasteiger partial charge in [-0.3, -0.25) is 14.4 Å². The molecule has 1 spiro atoms. The number of nitrogens with one attached hydrogen (secondary N) is 2. The van der Waals surface area contributed by atoms with Gasteiger partial charge in [0.05, 0.1) is 15.6 Å². The maximum Gasteiger partial charge on any atom is 0.249 e. The molecule has 10 heteroatoms. The standard InChI is InChI=1S/C25H32Cl2N4O4/c26-19-5-3-18(16-20(19)27)4-6-22(32)31-13-7-23(33)30(14-15-31)12-1-2-21-24(34)29-17-25(35-21)8-10-28-11-9-25/h3-6,16,21,28H,1-2,7-15,17H2,(H,29,34)/b6-4+. The summed E-state index contributed by atoms with van der Waals surface area (Å²) in [6, 6.07) is 5.17. The highest BCUT2D eigenvalue weighted by atomic mass is 35.5. The Kier molecular flexibility index (Phi) is 8.70. The summed E-state index contributed by atoms with van der Waals surface area (Å²) in [5.74, 6) is -0.190. The molecule has 3 aliphatic rings. The number of rotatable bonds is 6. The van der Waals surface area contributed by atoms with E-state index in [2.05, 4.69) is 10.6 Å². The van der Waals surface area contributed by atoms with E-state index in [1.807, 2.05) is 0 Å². The molecular formula is C25H32Cl2N4O4. The number of piperidine rings is 1. The minimum absolute atomic E-state index is 0.0256. The van der Waals surface area contributed by atoms with Crippen molar-refractivity contribution in [2.75, 3.05) is 45.8 Å². The first-order chi connectivity index (χ1) is 16.8. The molecular weight excluding hydrogens is 491 g/mol. The van der Waals surface area contributed by atoms with Crippen LogP contribution in [0.1, 0.15) is 37.7 Å². The van der Waals surface area contributed by atoms with Crippen LogP contribution < -0.4 is 10.6 Å². The van der Waals surface area contributed by atoms with Crippen molar-refractivity contribution in [2.24, 2.45) is 0 Å². The van der Waals surface area contributed by atoms with Crippen molar-refractivity contribution in [1.82, 2.24) is 20.4 Å². The Labute approximate surface area is 215 Å². The van der Waals surface area contributed by atoms with Crippen molar-refractivity contribution in [1.29, 1.82) is 0 Å². The molecule has 0 radical (unpaired) electrons. The normalized spacial score (nSPS) is 23.0. The average molecular weight is 523 g/mol. The van der Waals surface area contributed by atoms with E-state index in [1.165, 1.54) is 6.08 Å². The van der Waals surface area contributed by atoms with Crippen molar-refractivity contribution in [2.45, 2.75) is 43.8 Å². The molecule has 8 nitrogen and oxygen atoms in total. The minimum atomic E-state index is -0.478. The minimum Gasteiger partial charge on any atom is -0.360 e. The SMILES string of the molecule is O=C1NCC2(CCNCC2)OC1CCCN1CCN(C(=O)/C=C/c2ccc(Cl)c(Cl)c2)CCC1=O. The summed E-state index contributed by atoms with van der Waals surface area (Å²) in [5, 5.41) is 7.23. The molecule has 1 aromatic rings. The molecule has 3 fully saturated rings. The summed E-state index contributed by atoms with van der Waals surface area (Å²) in [5.41, 5.74) is 0.508. The van der Waals surface area contributed by atoms with Gasteiger partial charge in [0.2, 0.25) is 17.7 Å². The second-order valence-electron chi connectivity index (χ2n) is 9.36. The van der Waals surface area contributed by atoms with E-state index in [-0.39, 0.29) is 29.7 Å². The number of carbonyl (C=O) groups is 3. The number of amides is 3. The average Bonchev–Trinajstić information content (AvgIpc) is 3.04. The zero-order valence-electron chi connectivity index (χ0n) is 19.7. The lowest BCUT2D eigenvalue weighted by atomic mass is 9.90. The Bertz CT molecular complexity index is 980. The van der Waals surface area contributed by atoms with Gasteiger partial charge in [0.15, 0.2) is 0 Å². The number of benzene rings is 1. The van der Waals surface area contributed by atoms with Crippen LogP contribution in [0.2, 0.25) is 10.0 Å². The lowest BCUT2D eigenvalue weighted by Gasteiger charge is -2.43. The molecule has 1 atom stereocenters. The van der Waals surface area contributed by atoms with Gasteiger partial charge >= 0.3 is 0 Å². The number of nitrogens with zero attached hydrogens (tertiary/aromatic N) is 2. The van der Waals surface area contributed by atoms with Crippen LogP contribution in [0.25, 0.3) is 6.08 Å². The van der Waals surface area contributed by atoms with Gasteiger partial charge in [-0.25, -0.2) is 0 Å². The van der Waals surface area contributed by atoms with E-state index in [0.717, 1.165) is 31.5 Å². The fourth-order valence-electron chi connectivity index (χ4n) is 4.81. The van der Waals surface area contributed by atoms with E-state index in [1.54, 1.807) is 34.1 Å². The van der Waals surface area contributed by atoms with E-state index < -0.39 is 6.10 Å². The van der Waals surface area contributed by atoms with E-state index in [9.17, 15) is 14.4 Å². The third-order valence-electron chi connectivity index (χ3n) is 6.94. The first-order valence-electron chi connectivity index (χ1n) is 12.2. The van der Waals surface area contributed by atoms with Crippen LogP contribution in [-0.2, 0) is 19.1 Å². The van der Waals surface area contributed by atoms with Crippen molar-refractivity contribution in [3.05, 3.63) is 39.9 Å². The Morgan fingerprint density at radius 1 is 1.14 bits per heavy atom. The maximum atomic E-state index is 12.7. The number of morpholine rings is 1. The monoisotopic (exact) mass is 522 g/mol. The molecule has 0 bridgehead atoms. The molecule has 4 rings (SSSR count). The molecule has 3 heterocycles. The Morgan fingerprint density at radius 2 is 1.94 bits per heavy atom. The molecule has 0 aromatic heterocycles. The predicted octanol–water partition coefficient (Wildman–Crippen LogP) is 2.48. The highest BCUT2D eigenvalue weighted by Gasteiger charge is 2.41. The molecule has 1 aromatic carbocycles. The summed E-state index contributed by atoms with van der Waals surface area (Å²) in [4.78, 5) is 41.1. The first-order valence-corrected chi connectivity index (χ1v) is 13.0. The Hall–Kier alpha value is -2.13. The lowest BCUT2D eigenvalue weighted by molar-refractivity contribution is -0.167. The Morgan fingerprint density at radius 3 is 2.71 bits per heavy atom. The van der Waals surface area contributed by atoms with Gasteiger partial charge in [-0.1, -0.05) is 29.3 Å². The molecule has 3 aliphatic heterocycles. The molecule has 35 heavy (non-hydrogen) atoms. The van der Waals surface area contributed by atoms with Crippen molar-refractivity contribution in [3.8, 4) is 0 Å². The van der Waals surface area contributed by atoms with Crippen molar-refractivity contribution in [3.63, 3.8) is 0 Å². The second-order valence-corrected chi connectivity index (χ2v) is 10.2. The fourth-order valence-corrected chi connectivity index (χ4v) is 5.11. The lowest BCUT2D eigenvalue weighted by Crippen LogP contribution is -2.60. The van der Waals surface area contributed by atoms with Crippen LogP contribution in [0.5, 0.6) is 0 Å². The van der Waals surface area contributed by atoms with Gasteiger partial charge in [-0.05, 0) is 62.5 Å². The summed E-state index contributed by atoms with van der Waals surface area (Å²) in [6.07, 6.45) is 6.00. The van der Waals surface area contributed by atoms with Crippen LogP contribution in [0.4, 0.5) is 0 Å². The summed E-state index contributed by atoms with van der Waals surface area (Å²) >= 11 is 12.0. The van der Waals surface area contributed by atoms with Crippen LogP contribution >= 0.6 is 23.2 Å². The summed E-state index contributed by atoms with van der Waals surface area (Å²) in [7, 11) is 0. The largest absolute Gasteiger partial charge is 0.360 e. The van der Waals surface area contributed by atoms with E-state index >= 15 is 0 Å². The fraction of sp³-hybridized carbons (Fsp3) is 0.560. The van der Waals surface area contributed by atoms with Gasteiger partial charge in [0, 0.05) is 45.2 Å². The van der Waals surface area contributed by atoms with Gasteiger partial charge < -0.3 is 25.2 Å².